The van der Waals surface area contributed by atoms with Crippen molar-refractivity contribution in [1.82, 2.24) is 10.2 Å². The third-order valence-corrected chi connectivity index (χ3v) is 4.95. The fraction of sp³-hybridized carbons (Fsp3) is 0.941. The predicted molar refractivity (Wildman–Crippen MR) is 85.3 cm³/mol. The lowest BCUT2D eigenvalue weighted by Gasteiger charge is -2.45. The van der Waals surface area contributed by atoms with Gasteiger partial charge in [-0.05, 0) is 65.8 Å². The van der Waals surface area contributed by atoms with Crippen LogP contribution in [0.5, 0.6) is 0 Å². The van der Waals surface area contributed by atoms with Crippen LogP contribution in [-0.2, 0) is 9.53 Å². The van der Waals surface area contributed by atoms with Crippen LogP contribution < -0.4 is 5.32 Å². The fourth-order valence-electron chi connectivity index (χ4n) is 3.84. The third-order valence-electron chi connectivity index (χ3n) is 4.95. The van der Waals surface area contributed by atoms with Crippen molar-refractivity contribution in [2.24, 2.45) is 0 Å². The van der Waals surface area contributed by atoms with E-state index in [4.69, 9.17) is 4.74 Å². The van der Waals surface area contributed by atoms with Crippen molar-refractivity contribution in [2.75, 3.05) is 13.2 Å². The van der Waals surface area contributed by atoms with Gasteiger partial charge in [-0.1, -0.05) is 6.92 Å². The monoisotopic (exact) mass is 296 g/mol. The van der Waals surface area contributed by atoms with E-state index in [1.54, 1.807) is 0 Å². The van der Waals surface area contributed by atoms with Gasteiger partial charge in [0.1, 0.15) is 5.54 Å². The van der Waals surface area contributed by atoms with Gasteiger partial charge < -0.3 is 4.74 Å². The van der Waals surface area contributed by atoms with Crippen molar-refractivity contribution >= 4 is 5.97 Å². The summed E-state index contributed by atoms with van der Waals surface area (Å²) >= 11 is 0. The smallest absolute Gasteiger partial charge is 0.326 e. The number of esters is 1. The van der Waals surface area contributed by atoms with Gasteiger partial charge in [0.05, 0.1) is 6.61 Å². The molecule has 0 aromatic carbocycles. The quantitative estimate of drug-likeness (QED) is 0.734. The van der Waals surface area contributed by atoms with Crippen LogP contribution in [0, 0.1) is 0 Å². The molecule has 0 amide bonds. The van der Waals surface area contributed by atoms with E-state index < -0.39 is 5.54 Å². The summed E-state index contributed by atoms with van der Waals surface area (Å²) in [6, 6.07) is 1.54. The van der Waals surface area contributed by atoms with Crippen molar-refractivity contribution in [2.45, 2.75) is 89.9 Å². The summed E-state index contributed by atoms with van der Waals surface area (Å²) in [6.45, 7) is 10.1. The highest BCUT2D eigenvalue weighted by Crippen LogP contribution is 2.36. The summed E-state index contributed by atoms with van der Waals surface area (Å²) in [5.74, 6) is -0.0265. The fourth-order valence-corrected chi connectivity index (χ4v) is 3.84. The van der Waals surface area contributed by atoms with E-state index in [-0.39, 0.29) is 5.97 Å². The summed E-state index contributed by atoms with van der Waals surface area (Å²) in [5.41, 5.74) is -0.442. The van der Waals surface area contributed by atoms with Gasteiger partial charge in [0.2, 0.25) is 0 Å². The number of nitrogens with one attached hydrogen (secondary N) is 1. The average molecular weight is 296 g/mol. The Morgan fingerprint density at radius 1 is 1.33 bits per heavy atom. The molecule has 0 radical (unpaired) electrons. The maximum atomic E-state index is 12.6. The molecule has 2 unspecified atom stereocenters. The third kappa shape index (κ3) is 3.98. The topological polar surface area (TPSA) is 41.6 Å². The van der Waals surface area contributed by atoms with E-state index in [2.05, 4.69) is 31.0 Å². The van der Waals surface area contributed by atoms with Crippen LogP contribution >= 0.6 is 0 Å². The van der Waals surface area contributed by atoms with Crippen molar-refractivity contribution in [3.8, 4) is 0 Å². The number of nitrogens with zero attached hydrogens (tertiary/aromatic N) is 1. The molecule has 0 saturated heterocycles. The van der Waals surface area contributed by atoms with E-state index in [0.717, 1.165) is 25.8 Å². The van der Waals surface area contributed by atoms with Gasteiger partial charge in [-0.25, -0.2) is 0 Å². The Kier molecular flexibility index (Phi) is 5.67. The molecule has 2 aliphatic rings. The first-order chi connectivity index (χ1) is 10.0. The minimum atomic E-state index is -0.442. The maximum Gasteiger partial charge on any atom is 0.326 e. The molecule has 1 N–H and O–H groups in total. The number of carbonyl (C=O) groups is 1. The van der Waals surface area contributed by atoms with E-state index in [9.17, 15) is 4.79 Å². The van der Waals surface area contributed by atoms with Gasteiger partial charge in [0.15, 0.2) is 0 Å². The average Bonchev–Trinajstić information content (AvgIpc) is 3.23. The highest BCUT2D eigenvalue weighted by molar-refractivity contribution is 5.81. The summed E-state index contributed by atoms with van der Waals surface area (Å²) < 4.78 is 5.42. The van der Waals surface area contributed by atoms with E-state index in [0.29, 0.717) is 24.7 Å². The molecule has 2 saturated carbocycles. The molecular weight excluding hydrogens is 264 g/mol. The normalized spacial score (nSPS) is 29.9. The molecule has 2 rings (SSSR count). The molecule has 0 aromatic rings. The Morgan fingerprint density at radius 3 is 2.57 bits per heavy atom. The van der Waals surface area contributed by atoms with Gasteiger partial charge in [-0.15, -0.1) is 0 Å². The Labute approximate surface area is 129 Å². The highest BCUT2D eigenvalue weighted by Gasteiger charge is 2.47. The van der Waals surface area contributed by atoms with Crippen molar-refractivity contribution in [3.63, 3.8) is 0 Å². The second kappa shape index (κ2) is 7.10. The van der Waals surface area contributed by atoms with Gasteiger partial charge in [0, 0.05) is 18.1 Å². The number of ether oxygens (including phenoxy) is 1. The predicted octanol–water partition coefficient (Wildman–Crippen LogP) is 2.71. The zero-order valence-electron chi connectivity index (χ0n) is 14.2. The van der Waals surface area contributed by atoms with Crippen LogP contribution in [0.25, 0.3) is 0 Å². The van der Waals surface area contributed by atoms with Crippen molar-refractivity contribution in [1.29, 1.82) is 0 Å². The van der Waals surface area contributed by atoms with E-state index in [1.165, 1.54) is 19.3 Å². The largest absolute Gasteiger partial charge is 0.465 e. The second-order valence-corrected chi connectivity index (χ2v) is 6.90. The van der Waals surface area contributed by atoms with Crippen LogP contribution in [0.4, 0.5) is 0 Å². The zero-order chi connectivity index (χ0) is 15.5. The molecule has 0 heterocycles. The first-order valence-corrected chi connectivity index (χ1v) is 8.73. The minimum absolute atomic E-state index is 0.0265. The van der Waals surface area contributed by atoms with Crippen LogP contribution in [0.3, 0.4) is 0 Å². The highest BCUT2D eigenvalue weighted by atomic mass is 16.5. The van der Waals surface area contributed by atoms with Gasteiger partial charge in [0.25, 0.3) is 0 Å². The van der Waals surface area contributed by atoms with E-state index in [1.807, 2.05) is 6.92 Å². The summed E-state index contributed by atoms with van der Waals surface area (Å²) in [7, 11) is 0. The molecule has 2 fully saturated rings. The van der Waals surface area contributed by atoms with Crippen molar-refractivity contribution in [3.05, 3.63) is 0 Å². The molecule has 2 aliphatic carbocycles. The Bertz CT molecular complexity index is 355. The van der Waals surface area contributed by atoms with Gasteiger partial charge >= 0.3 is 5.97 Å². The zero-order valence-corrected chi connectivity index (χ0v) is 14.2. The summed E-state index contributed by atoms with van der Waals surface area (Å²) in [4.78, 5) is 15.1. The Hall–Kier alpha value is -0.610. The molecule has 0 spiro atoms. The van der Waals surface area contributed by atoms with Crippen molar-refractivity contribution < 1.29 is 9.53 Å². The lowest BCUT2D eigenvalue weighted by molar-refractivity contribution is -0.154. The SMILES string of the molecule is CCOC(=O)C1(NC2CC2)CCCC(N(CC)C(C)C)C1. The molecular formula is C17H32N2O2. The first-order valence-electron chi connectivity index (χ1n) is 8.73. The molecule has 2 atom stereocenters. The van der Waals surface area contributed by atoms with Crippen LogP contribution in [0.1, 0.15) is 66.2 Å². The number of hydrogen-bond donors (Lipinski definition) is 1. The van der Waals surface area contributed by atoms with Crippen LogP contribution in [0.2, 0.25) is 0 Å². The molecule has 0 aromatic heterocycles. The van der Waals surface area contributed by atoms with Crippen LogP contribution in [-0.4, -0.2) is 47.7 Å². The lowest BCUT2D eigenvalue weighted by Crippen LogP contribution is -2.60. The molecule has 122 valence electrons. The number of rotatable bonds is 7. The molecule has 4 heteroatoms. The lowest BCUT2D eigenvalue weighted by atomic mass is 9.77. The second-order valence-electron chi connectivity index (χ2n) is 6.90. The first kappa shape index (κ1) is 16.8. The molecule has 0 bridgehead atoms. The van der Waals surface area contributed by atoms with E-state index >= 15 is 0 Å². The van der Waals surface area contributed by atoms with Gasteiger partial charge in [-0.2, -0.15) is 0 Å². The molecule has 0 aliphatic heterocycles. The standard InChI is InChI=1S/C17H32N2O2/c1-5-19(13(3)4)15-8-7-11-17(12-15,16(20)21-6-2)18-14-9-10-14/h13-15,18H,5-12H2,1-4H3. The number of carbonyl (C=O) groups excluding carboxylic acids is 1. The van der Waals surface area contributed by atoms with Crippen LogP contribution in [0.15, 0.2) is 0 Å². The minimum Gasteiger partial charge on any atom is -0.465 e. The number of hydrogen-bond acceptors (Lipinski definition) is 4. The Morgan fingerprint density at radius 2 is 2.05 bits per heavy atom. The molecule has 4 nitrogen and oxygen atoms in total. The van der Waals surface area contributed by atoms with Gasteiger partial charge in [-0.3, -0.25) is 15.0 Å². The summed E-state index contributed by atoms with van der Waals surface area (Å²) in [5, 5.41) is 3.64. The maximum absolute atomic E-state index is 12.6. The Balaban J connectivity index is 2.13. The summed E-state index contributed by atoms with van der Waals surface area (Å²) in [6.07, 6.45) is 6.52. The molecule has 21 heavy (non-hydrogen) atoms.